The van der Waals surface area contributed by atoms with E-state index in [9.17, 15) is 9.59 Å². The van der Waals surface area contributed by atoms with Gasteiger partial charge in [-0.25, -0.2) is 4.79 Å². The first-order chi connectivity index (χ1) is 13.6. The summed E-state index contributed by atoms with van der Waals surface area (Å²) in [5, 5.41) is 0. The van der Waals surface area contributed by atoms with Crippen LogP contribution in [0.3, 0.4) is 0 Å². The lowest BCUT2D eigenvalue weighted by molar-refractivity contribution is -0.227. The molecular weight excluding hydrogens is 352 g/mol. The second kappa shape index (κ2) is 6.60. The zero-order valence-corrected chi connectivity index (χ0v) is 16.9. The standard InChI is InChI=1S/C24H30O4/c1-3-5-11-19-16-13-12-14-17(8-4-2)24(21(14)20(16)23(26)27-19)18-10-7-6-9-15(18)22(25)28-24/h6,9,11,14,16-17,20-21H,3-5,7-8,10,12-13H2,1-2H3/b19-11-. The number of hydrogen-bond donors (Lipinski definition) is 0. The zero-order chi connectivity index (χ0) is 19.5. The van der Waals surface area contributed by atoms with Crippen LogP contribution < -0.4 is 0 Å². The van der Waals surface area contributed by atoms with Gasteiger partial charge in [-0.1, -0.05) is 38.8 Å². The van der Waals surface area contributed by atoms with Gasteiger partial charge in [0.1, 0.15) is 11.4 Å². The van der Waals surface area contributed by atoms with Crippen LogP contribution >= 0.6 is 0 Å². The largest absolute Gasteiger partial charge is 0.450 e. The Morgan fingerprint density at radius 3 is 2.86 bits per heavy atom. The number of ether oxygens (including phenoxy) is 2. The van der Waals surface area contributed by atoms with Gasteiger partial charge in [-0.15, -0.1) is 0 Å². The van der Waals surface area contributed by atoms with Gasteiger partial charge in [0.2, 0.25) is 0 Å². The Balaban J connectivity index is 1.57. The van der Waals surface area contributed by atoms with Gasteiger partial charge in [0.05, 0.1) is 11.5 Å². The molecular formula is C24H30O4. The molecule has 6 atom stereocenters. The summed E-state index contributed by atoms with van der Waals surface area (Å²) in [7, 11) is 0. The number of rotatable bonds is 4. The third-order valence-corrected chi connectivity index (χ3v) is 7.87. The lowest BCUT2D eigenvalue weighted by atomic mass is 9.42. The number of unbranched alkanes of at least 4 members (excludes halogenated alkanes) is 1. The predicted octanol–water partition coefficient (Wildman–Crippen LogP) is 4.86. The Hall–Kier alpha value is -1.84. The van der Waals surface area contributed by atoms with Crippen molar-refractivity contribution in [3.05, 3.63) is 35.1 Å². The highest BCUT2D eigenvalue weighted by atomic mass is 16.6. The average Bonchev–Trinajstić information content (AvgIpc) is 3.19. The highest BCUT2D eigenvalue weighted by Gasteiger charge is 2.74. The van der Waals surface area contributed by atoms with Crippen LogP contribution in [0.5, 0.6) is 0 Å². The molecule has 5 rings (SSSR count). The molecule has 0 radical (unpaired) electrons. The molecule has 0 N–H and O–H groups in total. The molecule has 4 nitrogen and oxygen atoms in total. The molecule has 3 fully saturated rings. The van der Waals surface area contributed by atoms with Gasteiger partial charge in [-0.3, -0.25) is 4.79 Å². The minimum Gasteiger partial charge on any atom is -0.450 e. The molecule has 2 aliphatic heterocycles. The van der Waals surface area contributed by atoms with Crippen LogP contribution in [-0.4, -0.2) is 17.5 Å². The maximum absolute atomic E-state index is 13.0. The van der Waals surface area contributed by atoms with Gasteiger partial charge in [0.15, 0.2) is 0 Å². The Morgan fingerprint density at radius 2 is 2.07 bits per heavy atom. The molecule has 1 spiro atoms. The molecule has 2 saturated carbocycles. The molecule has 0 aromatic carbocycles. The van der Waals surface area contributed by atoms with Gasteiger partial charge in [0, 0.05) is 17.8 Å². The number of esters is 2. The molecule has 3 aliphatic carbocycles. The van der Waals surface area contributed by atoms with E-state index in [1.165, 1.54) is 5.57 Å². The Kier molecular flexibility index (Phi) is 4.29. The second-order valence-corrected chi connectivity index (χ2v) is 9.13. The number of hydrogen-bond acceptors (Lipinski definition) is 4. The summed E-state index contributed by atoms with van der Waals surface area (Å²) in [4.78, 5) is 25.7. The van der Waals surface area contributed by atoms with Crippen molar-refractivity contribution >= 4 is 11.9 Å². The van der Waals surface area contributed by atoms with Crippen molar-refractivity contribution in [1.82, 2.24) is 0 Å². The van der Waals surface area contributed by atoms with Crippen molar-refractivity contribution < 1.29 is 19.1 Å². The summed E-state index contributed by atoms with van der Waals surface area (Å²) in [5.41, 5.74) is 1.39. The van der Waals surface area contributed by atoms with E-state index in [1.807, 2.05) is 6.08 Å². The predicted molar refractivity (Wildman–Crippen MR) is 105 cm³/mol. The average molecular weight is 383 g/mol. The summed E-state index contributed by atoms with van der Waals surface area (Å²) in [6.07, 6.45) is 14.2. The van der Waals surface area contributed by atoms with E-state index in [1.54, 1.807) is 0 Å². The quantitative estimate of drug-likeness (QED) is 0.652. The third-order valence-electron chi connectivity index (χ3n) is 7.87. The molecule has 2 heterocycles. The molecule has 0 bridgehead atoms. The minimum atomic E-state index is -0.555. The van der Waals surface area contributed by atoms with Crippen LogP contribution in [0.4, 0.5) is 0 Å². The lowest BCUT2D eigenvalue weighted by Gasteiger charge is -2.63. The van der Waals surface area contributed by atoms with E-state index in [0.29, 0.717) is 11.8 Å². The fourth-order valence-electron chi connectivity index (χ4n) is 6.94. The molecule has 150 valence electrons. The Labute approximate surface area is 167 Å². The van der Waals surface area contributed by atoms with Crippen LogP contribution in [0.1, 0.15) is 65.2 Å². The van der Waals surface area contributed by atoms with E-state index in [-0.39, 0.29) is 29.7 Å². The molecule has 28 heavy (non-hydrogen) atoms. The van der Waals surface area contributed by atoms with E-state index < -0.39 is 5.60 Å². The van der Waals surface area contributed by atoms with Crippen molar-refractivity contribution in [2.24, 2.45) is 29.6 Å². The van der Waals surface area contributed by atoms with Gasteiger partial charge in [-0.05, 0) is 56.1 Å². The van der Waals surface area contributed by atoms with Crippen LogP contribution in [0, 0.1) is 29.6 Å². The minimum absolute atomic E-state index is 0.0887. The number of allylic oxidation sites excluding steroid dienone is 3. The van der Waals surface area contributed by atoms with Crippen molar-refractivity contribution in [3.8, 4) is 0 Å². The van der Waals surface area contributed by atoms with Crippen LogP contribution in [-0.2, 0) is 19.1 Å². The first kappa shape index (κ1) is 18.2. The number of carbonyl (C=O) groups excluding carboxylic acids is 2. The SMILES string of the molecule is CCC/C=C1\OC(=O)C2C1CCC1C(CCC)C3(OC(=O)C4=C3CCC=C4)C12. The highest BCUT2D eigenvalue weighted by molar-refractivity contribution is 5.97. The topological polar surface area (TPSA) is 52.6 Å². The Bertz CT molecular complexity index is 803. The van der Waals surface area contributed by atoms with Gasteiger partial charge in [0.25, 0.3) is 0 Å². The first-order valence-electron chi connectivity index (χ1n) is 11.2. The third kappa shape index (κ3) is 2.23. The van der Waals surface area contributed by atoms with Crippen LogP contribution in [0.25, 0.3) is 0 Å². The number of carbonyl (C=O) groups is 2. The van der Waals surface area contributed by atoms with Crippen molar-refractivity contribution in [1.29, 1.82) is 0 Å². The van der Waals surface area contributed by atoms with Crippen LogP contribution in [0.2, 0.25) is 0 Å². The maximum Gasteiger partial charge on any atom is 0.339 e. The summed E-state index contributed by atoms with van der Waals surface area (Å²) in [6, 6.07) is 0. The lowest BCUT2D eigenvalue weighted by Crippen LogP contribution is -2.68. The summed E-state index contributed by atoms with van der Waals surface area (Å²) >= 11 is 0. The summed E-state index contributed by atoms with van der Waals surface area (Å²) in [5.74, 6) is 1.53. The van der Waals surface area contributed by atoms with Gasteiger partial charge >= 0.3 is 11.9 Å². The highest BCUT2D eigenvalue weighted by Crippen LogP contribution is 2.69. The molecule has 5 aliphatic rings. The molecule has 4 heteroatoms. The number of fused-ring (bicyclic) bond motifs is 5. The fraction of sp³-hybridized carbons (Fsp3) is 0.667. The first-order valence-corrected chi connectivity index (χ1v) is 11.2. The smallest absolute Gasteiger partial charge is 0.339 e. The second-order valence-electron chi connectivity index (χ2n) is 9.13. The maximum atomic E-state index is 13.0. The summed E-state index contributed by atoms with van der Waals surface area (Å²) in [6.45, 7) is 4.34. The Morgan fingerprint density at radius 1 is 1.21 bits per heavy atom. The number of cyclic esters (lactones) is 1. The fourth-order valence-corrected chi connectivity index (χ4v) is 6.94. The molecule has 1 saturated heterocycles. The van der Waals surface area contributed by atoms with Crippen molar-refractivity contribution in [2.75, 3.05) is 0 Å². The van der Waals surface area contributed by atoms with Crippen molar-refractivity contribution in [3.63, 3.8) is 0 Å². The molecule has 0 amide bonds. The van der Waals surface area contributed by atoms with Gasteiger partial charge < -0.3 is 9.47 Å². The van der Waals surface area contributed by atoms with Crippen molar-refractivity contribution in [2.45, 2.75) is 70.8 Å². The van der Waals surface area contributed by atoms with Gasteiger partial charge in [-0.2, -0.15) is 0 Å². The van der Waals surface area contributed by atoms with Crippen LogP contribution in [0.15, 0.2) is 35.1 Å². The van der Waals surface area contributed by atoms with E-state index >= 15 is 0 Å². The molecule has 6 unspecified atom stereocenters. The normalized spacial score (nSPS) is 42.2. The molecule has 0 aromatic heterocycles. The van der Waals surface area contributed by atoms with E-state index in [0.717, 1.165) is 62.7 Å². The molecule has 0 aromatic rings. The van der Waals surface area contributed by atoms with E-state index in [2.05, 4.69) is 26.0 Å². The summed E-state index contributed by atoms with van der Waals surface area (Å²) < 4.78 is 12.0. The van der Waals surface area contributed by atoms with E-state index in [4.69, 9.17) is 9.47 Å². The monoisotopic (exact) mass is 382 g/mol. The zero-order valence-electron chi connectivity index (χ0n) is 16.9.